The van der Waals surface area contributed by atoms with Crippen molar-refractivity contribution in [2.24, 2.45) is 0 Å². The van der Waals surface area contributed by atoms with Gasteiger partial charge in [0, 0.05) is 24.7 Å². The van der Waals surface area contributed by atoms with E-state index >= 15 is 0 Å². The van der Waals surface area contributed by atoms with Crippen LogP contribution in [0.3, 0.4) is 0 Å². The first-order valence-corrected chi connectivity index (χ1v) is 6.96. The van der Waals surface area contributed by atoms with E-state index in [4.69, 9.17) is 11.6 Å². The average molecular weight is 265 g/mol. The van der Waals surface area contributed by atoms with Crippen molar-refractivity contribution in [2.45, 2.75) is 33.2 Å². The van der Waals surface area contributed by atoms with Gasteiger partial charge < -0.3 is 10.2 Å². The van der Waals surface area contributed by atoms with Gasteiger partial charge in [0.05, 0.1) is 5.82 Å². The molecule has 98 valence electrons. The van der Waals surface area contributed by atoms with Crippen LogP contribution in [0.25, 0.3) is 0 Å². The highest BCUT2D eigenvalue weighted by atomic mass is 35.5. The Bertz CT molecular complexity index is 454. The molecule has 1 aromatic rings. The summed E-state index contributed by atoms with van der Waals surface area (Å²) >= 11 is 6.25. The van der Waals surface area contributed by atoms with Crippen molar-refractivity contribution in [1.82, 2.24) is 10.2 Å². The molecule has 1 heterocycles. The molecule has 1 aliphatic rings. The Kier molecular flexibility index (Phi) is 4.18. The highest BCUT2D eigenvalue weighted by Gasteiger charge is 2.17. The molecule has 0 aromatic heterocycles. The van der Waals surface area contributed by atoms with E-state index in [0.717, 1.165) is 43.3 Å². The van der Waals surface area contributed by atoms with Gasteiger partial charge in [-0.25, -0.2) is 0 Å². The lowest BCUT2D eigenvalue weighted by Gasteiger charge is -2.22. The smallest absolute Gasteiger partial charge is 0.0943 e. The number of nitrogens with zero attached hydrogens (tertiary/aromatic N) is 1. The normalized spacial score (nSPS) is 15.1. The van der Waals surface area contributed by atoms with Gasteiger partial charge in [-0.1, -0.05) is 37.6 Å². The number of aryl methyl sites for hydroxylation is 1. The maximum Gasteiger partial charge on any atom is 0.0943 e. The minimum Gasteiger partial charge on any atom is -0.370 e. The topological polar surface area (TPSA) is 15.3 Å². The van der Waals surface area contributed by atoms with Crippen LogP contribution in [-0.4, -0.2) is 18.0 Å². The second-order valence-electron chi connectivity index (χ2n) is 4.86. The molecule has 0 radical (unpaired) electrons. The third-order valence-electron chi connectivity index (χ3n) is 3.59. The van der Waals surface area contributed by atoms with E-state index in [-0.39, 0.29) is 0 Å². The zero-order valence-corrected chi connectivity index (χ0v) is 12.0. The average Bonchev–Trinajstić information content (AvgIpc) is 2.74. The Labute approximate surface area is 115 Å². The van der Waals surface area contributed by atoms with Gasteiger partial charge in [0.2, 0.25) is 0 Å². The van der Waals surface area contributed by atoms with E-state index in [9.17, 15) is 0 Å². The Balaban J connectivity index is 2.29. The van der Waals surface area contributed by atoms with Gasteiger partial charge in [0.15, 0.2) is 0 Å². The molecule has 0 bridgehead atoms. The van der Waals surface area contributed by atoms with Crippen LogP contribution in [0, 0.1) is 6.92 Å². The van der Waals surface area contributed by atoms with Gasteiger partial charge in [-0.3, -0.25) is 0 Å². The van der Waals surface area contributed by atoms with E-state index in [2.05, 4.69) is 36.7 Å². The van der Waals surface area contributed by atoms with Gasteiger partial charge in [-0.2, -0.15) is 0 Å². The van der Waals surface area contributed by atoms with Crippen molar-refractivity contribution < 1.29 is 0 Å². The zero-order valence-electron chi connectivity index (χ0n) is 11.2. The highest BCUT2D eigenvalue weighted by molar-refractivity contribution is 6.31. The number of hydrogen-bond acceptors (Lipinski definition) is 2. The van der Waals surface area contributed by atoms with Crippen molar-refractivity contribution in [3.05, 3.63) is 46.2 Å². The molecule has 1 aromatic carbocycles. The highest BCUT2D eigenvalue weighted by Crippen LogP contribution is 2.26. The maximum absolute atomic E-state index is 6.25. The van der Waals surface area contributed by atoms with Crippen LogP contribution in [0.15, 0.2) is 24.5 Å². The van der Waals surface area contributed by atoms with Crippen LogP contribution in [0.5, 0.6) is 0 Å². The van der Waals surface area contributed by atoms with Crippen molar-refractivity contribution in [2.75, 3.05) is 13.1 Å². The summed E-state index contributed by atoms with van der Waals surface area (Å²) in [5.41, 5.74) is 4.00. The molecule has 0 spiro atoms. The van der Waals surface area contributed by atoms with Crippen LogP contribution >= 0.6 is 11.6 Å². The fraction of sp³-hybridized carbons (Fsp3) is 0.467. The second kappa shape index (κ2) is 5.66. The summed E-state index contributed by atoms with van der Waals surface area (Å²) in [6.07, 6.45) is 2.27. The van der Waals surface area contributed by atoms with E-state index in [1.807, 2.05) is 6.07 Å². The summed E-state index contributed by atoms with van der Waals surface area (Å²) in [6, 6.07) is 4.18. The van der Waals surface area contributed by atoms with Crippen molar-refractivity contribution in [3.8, 4) is 0 Å². The molecule has 0 unspecified atom stereocenters. The minimum absolute atomic E-state index is 0.864. The van der Waals surface area contributed by atoms with Gasteiger partial charge >= 0.3 is 0 Å². The van der Waals surface area contributed by atoms with E-state index in [1.54, 1.807) is 0 Å². The molecule has 0 aliphatic carbocycles. The molecular weight excluding hydrogens is 244 g/mol. The molecule has 1 fully saturated rings. The Hall–Kier alpha value is -1.15. The Morgan fingerprint density at radius 2 is 2.22 bits per heavy atom. The zero-order chi connectivity index (χ0) is 13.1. The molecule has 0 amide bonds. The number of nitrogens with one attached hydrogen (secondary N) is 1. The summed E-state index contributed by atoms with van der Waals surface area (Å²) < 4.78 is 0. The van der Waals surface area contributed by atoms with Gasteiger partial charge in [-0.05, 0) is 36.1 Å². The summed E-state index contributed by atoms with van der Waals surface area (Å²) in [5.74, 6) is 1.02. The van der Waals surface area contributed by atoms with Crippen LogP contribution < -0.4 is 5.32 Å². The number of halogens is 1. The summed E-state index contributed by atoms with van der Waals surface area (Å²) in [6.45, 7) is 11.3. The van der Waals surface area contributed by atoms with Crippen molar-refractivity contribution >= 4 is 11.6 Å². The molecule has 1 saturated heterocycles. The van der Waals surface area contributed by atoms with Crippen LogP contribution in [0.2, 0.25) is 5.02 Å². The number of rotatable bonds is 4. The SMILES string of the molecule is C=C1NCCN1Cc1c(CCC)ccc(Cl)c1C. The molecule has 2 nitrogen and oxygen atoms in total. The van der Waals surface area contributed by atoms with Gasteiger partial charge in [0.25, 0.3) is 0 Å². The van der Waals surface area contributed by atoms with Crippen LogP contribution in [-0.2, 0) is 13.0 Å². The standard InChI is InChI=1S/C15H21ClN2/c1-4-5-13-6-7-15(16)11(2)14(13)10-18-9-8-17-12(18)3/h6-7,17H,3-5,8-10H2,1-2H3. The first kappa shape index (κ1) is 13.3. The first-order valence-electron chi connectivity index (χ1n) is 6.58. The second-order valence-corrected chi connectivity index (χ2v) is 5.26. The lowest BCUT2D eigenvalue weighted by atomic mass is 9.98. The van der Waals surface area contributed by atoms with Crippen molar-refractivity contribution in [3.63, 3.8) is 0 Å². The first-order chi connectivity index (χ1) is 8.63. The fourth-order valence-corrected chi connectivity index (χ4v) is 2.63. The summed E-state index contributed by atoms with van der Waals surface area (Å²) in [7, 11) is 0. The molecule has 3 heteroatoms. The monoisotopic (exact) mass is 264 g/mol. The third-order valence-corrected chi connectivity index (χ3v) is 4.00. The number of hydrogen-bond donors (Lipinski definition) is 1. The van der Waals surface area contributed by atoms with Gasteiger partial charge in [-0.15, -0.1) is 0 Å². The van der Waals surface area contributed by atoms with Crippen LogP contribution in [0.4, 0.5) is 0 Å². The third kappa shape index (κ3) is 2.64. The summed E-state index contributed by atoms with van der Waals surface area (Å²) in [5, 5.41) is 4.14. The quantitative estimate of drug-likeness (QED) is 0.896. The van der Waals surface area contributed by atoms with Crippen molar-refractivity contribution in [1.29, 1.82) is 0 Å². The molecule has 2 rings (SSSR count). The molecule has 1 N–H and O–H groups in total. The molecule has 18 heavy (non-hydrogen) atoms. The Morgan fingerprint density at radius 1 is 1.44 bits per heavy atom. The number of benzene rings is 1. The molecule has 1 aliphatic heterocycles. The van der Waals surface area contributed by atoms with E-state index in [1.165, 1.54) is 16.7 Å². The molecular formula is C15H21ClN2. The molecule has 0 atom stereocenters. The maximum atomic E-state index is 6.25. The van der Waals surface area contributed by atoms with E-state index < -0.39 is 0 Å². The summed E-state index contributed by atoms with van der Waals surface area (Å²) in [4.78, 5) is 2.29. The predicted molar refractivity (Wildman–Crippen MR) is 77.7 cm³/mol. The lowest BCUT2D eigenvalue weighted by molar-refractivity contribution is 0.387. The van der Waals surface area contributed by atoms with E-state index in [0.29, 0.717) is 0 Å². The minimum atomic E-state index is 0.864. The predicted octanol–water partition coefficient (Wildman–Crippen LogP) is 3.48. The Morgan fingerprint density at radius 3 is 2.83 bits per heavy atom. The largest absolute Gasteiger partial charge is 0.370 e. The lowest BCUT2D eigenvalue weighted by Crippen LogP contribution is -2.20. The molecule has 0 saturated carbocycles. The fourth-order valence-electron chi connectivity index (χ4n) is 2.46. The van der Waals surface area contributed by atoms with Crippen LogP contribution in [0.1, 0.15) is 30.0 Å². The van der Waals surface area contributed by atoms with Gasteiger partial charge in [0.1, 0.15) is 0 Å².